The summed E-state index contributed by atoms with van der Waals surface area (Å²) < 4.78 is 45.7. The first-order valence-electron chi connectivity index (χ1n) is 6.71. The third-order valence-electron chi connectivity index (χ3n) is 2.97. The number of benzene rings is 1. The number of carbonyl (C=O) groups excluding carboxylic acids is 2. The van der Waals surface area contributed by atoms with Crippen molar-refractivity contribution in [2.45, 2.75) is 20.0 Å². The van der Waals surface area contributed by atoms with E-state index in [1.807, 2.05) is 0 Å². The second kappa shape index (κ2) is 6.23. The fourth-order valence-electron chi connectivity index (χ4n) is 2.08. The van der Waals surface area contributed by atoms with Crippen molar-refractivity contribution in [3.8, 4) is 5.69 Å². The van der Waals surface area contributed by atoms with Crippen LogP contribution in [0.4, 0.5) is 13.2 Å². The minimum Gasteiger partial charge on any atom is -0.462 e. The summed E-state index contributed by atoms with van der Waals surface area (Å²) in [7, 11) is 0. The van der Waals surface area contributed by atoms with E-state index >= 15 is 0 Å². The predicted molar refractivity (Wildman–Crippen MR) is 74.5 cm³/mol. The van der Waals surface area contributed by atoms with E-state index in [-0.39, 0.29) is 12.3 Å². The Balaban J connectivity index is 2.81. The molecule has 0 fully saturated rings. The fourth-order valence-corrected chi connectivity index (χ4v) is 2.08. The molecule has 0 aliphatic carbocycles. The SMILES string of the molecule is CCOC(=O)c1c(C(C)=O)nn(-c2ccccc2)c1C(F)(F)F. The van der Waals surface area contributed by atoms with E-state index < -0.39 is 34.9 Å². The molecule has 0 amide bonds. The van der Waals surface area contributed by atoms with Gasteiger partial charge in [-0.15, -0.1) is 0 Å². The molecule has 0 aliphatic rings. The Hall–Kier alpha value is -2.64. The lowest BCUT2D eigenvalue weighted by atomic mass is 10.1. The topological polar surface area (TPSA) is 61.2 Å². The molecule has 0 radical (unpaired) electrons. The van der Waals surface area contributed by atoms with Gasteiger partial charge in [-0.3, -0.25) is 4.79 Å². The van der Waals surface area contributed by atoms with Gasteiger partial charge in [-0.2, -0.15) is 18.3 Å². The highest BCUT2D eigenvalue weighted by Gasteiger charge is 2.43. The van der Waals surface area contributed by atoms with Gasteiger partial charge in [0.2, 0.25) is 0 Å². The van der Waals surface area contributed by atoms with Gasteiger partial charge in [-0.25, -0.2) is 9.48 Å². The number of nitrogens with zero attached hydrogens (tertiary/aromatic N) is 2. The molecule has 8 heteroatoms. The van der Waals surface area contributed by atoms with Crippen LogP contribution in [0.15, 0.2) is 30.3 Å². The molecule has 0 atom stereocenters. The first-order chi connectivity index (χ1) is 10.8. The molecule has 2 rings (SSSR count). The molecule has 0 bridgehead atoms. The van der Waals surface area contributed by atoms with Crippen LogP contribution >= 0.6 is 0 Å². The number of ketones is 1. The number of esters is 1. The Kier molecular flexibility index (Phi) is 4.53. The number of para-hydroxylation sites is 1. The highest BCUT2D eigenvalue weighted by atomic mass is 19.4. The van der Waals surface area contributed by atoms with Crippen LogP contribution in [0, 0.1) is 0 Å². The van der Waals surface area contributed by atoms with Crippen molar-refractivity contribution in [1.29, 1.82) is 0 Å². The van der Waals surface area contributed by atoms with E-state index in [2.05, 4.69) is 9.84 Å². The van der Waals surface area contributed by atoms with Gasteiger partial charge < -0.3 is 4.74 Å². The van der Waals surface area contributed by atoms with Crippen molar-refractivity contribution < 1.29 is 27.5 Å². The molecule has 0 saturated carbocycles. The maximum atomic E-state index is 13.5. The third-order valence-corrected chi connectivity index (χ3v) is 2.97. The molecular formula is C15H13F3N2O3. The van der Waals surface area contributed by atoms with Gasteiger partial charge in [0.15, 0.2) is 11.5 Å². The van der Waals surface area contributed by atoms with Crippen LogP contribution in [-0.2, 0) is 10.9 Å². The second-order valence-electron chi connectivity index (χ2n) is 4.59. The van der Waals surface area contributed by atoms with Crippen LogP contribution in [-0.4, -0.2) is 28.1 Å². The first-order valence-corrected chi connectivity index (χ1v) is 6.71. The van der Waals surface area contributed by atoms with E-state index in [4.69, 9.17) is 0 Å². The van der Waals surface area contributed by atoms with Crippen molar-refractivity contribution in [2.24, 2.45) is 0 Å². The highest BCUT2D eigenvalue weighted by molar-refractivity contribution is 6.05. The molecule has 1 aromatic heterocycles. The number of aromatic nitrogens is 2. The van der Waals surface area contributed by atoms with Crippen LogP contribution in [0.25, 0.3) is 5.69 Å². The van der Waals surface area contributed by atoms with E-state index in [0.717, 1.165) is 6.92 Å². The predicted octanol–water partition coefficient (Wildman–Crippen LogP) is 3.27. The van der Waals surface area contributed by atoms with Crippen molar-refractivity contribution in [2.75, 3.05) is 6.61 Å². The smallest absolute Gasteiger partial charge is 0.434 e. The van der Waals surface area contributed by atoms with Gasteiger partial charge in [-0.05, 0) is 19.1 Å². The number of ether oxygens (including phenoxy) is 1. The zero-order chi connectivity index (χ0) is 17.2. The Bertz CT molecular complexity index is 736. The highest BCUT2D eigenvalue weighted by Crippen LogP contribution is 2.35. The maximum absolute atomic E-state index is 13.5. The monoisotopic (exact) mass is 326 g/mol. The Labute approximate surface area is 129 Å². The summed E-state index contributed by atoms with van der Waals surface area (Å²) in [6.07, 6.45) is -4.89. The zero-order valence-electron chi connectivity index (χ0n) is 12.3. The number of rotatable bonds is 4. The number of alkyl halides is 3. The van der Waals surface area contributed by atoms with Gasteiger partial charge in [-0.1, -0.05) is 18.2 Å². The zero-order valence-corrected chi connectivity index (χ0v) is 12.3. The largest absolute Gasteiger partial charge is 0.462 e. The van der Waals surface area contributed by atoms with E-state index in [0.29, 0.717) is 4.68 Å². The van der Waals surface area contributed by atoms with Crippen LogP contribution in [0.1, 0.15) is 40.4 Å². The van der Waals surface area contributed by atoms with Crippen LogP contribution in [0.3, 0.4) is 0 Å². The summed E-state index contributed by atoms with van der Waals surface area (Å²) in [6, 6.07) is 7.45. The summed E-state index contributed by atoms with van der Waals surface area (Å²) in [5.74, 6) is -1.99. The van der Waals surface area contributed by atoms with Crippen molar-refractivity contribution in [3.05, 3.63) is 47.3 Å². The number of Topliss-reactive ketones (excluding diaryl/α,β-unsaturated/α-hetero) is 1. The normalized spacial score (nSPS) is 11.3. The molecule has 5 nitrogen and oxygen atoms in total. The van der Waals surface area contributed by atoms with Crippen molar-refractivity contribution in [1.82, 2.24) is 9.78 Å². The van der Waals surface area contributed by atoms with Crippen LogP contribution in [0.5, 0.6) is 0 Å². The molecule has 0 N–H and O–H groups in total. The number of halogens is 3. The van der Waals surface area contributed by atoms with Crippen LogP contribution < -0.4 is 0 Å². The average Bonchev–Trinajstić information content (AvgIpc) is 2.89. The van der Waals surface area contributed by atoms with Crippen molar-refractivity contribution >= 4 is 11.8 Å². The molecule has 23 heavy (non-hydrogen) atoms. The molecule has 0 unspecified atom stereocenters. The lowest BCUT2D eigenvalue weighted by Gasteiger charge is -2.12. The van der Waals surface area contributed by atoms with E-state index in [9.17, 15) is 22.8 Å². The summed E-state index contributed by atoms with van der Waals surface area (Å²) in [4.78, 5) is 23.6. The second-order valence-corrected chi connectivity index (χ2v) is 4.59. The minimum absolute atomic E-state index is 0.0814. The Morgan fingerprint density at radius 3 is 2.30 bits per heavy atom. The quantitative estimate of drug-likeness (QED) is 0.639. The van der Waals surface area contributed by atoms with Gasteiger partial charge in [0.25, 0.3) is 0 Å². The maximum Gasteiger partial charge on any atom is 0.434 e. The Morgan fingerprint density at radius 1 is 1.22 bits per heavy atom. The molecule has 2 aromatic rings. The molecule has 1 heterocycles. The average molecular weight is 326 g/mol. The minimum atomic E-state index is -4.89. The number of carbonyl (C=O) groups is 2. The third kappa shape index (κ3) is 3.25. The van der Waals surface area contributed by atoms with Crippen molar-refractivity contribution in [3.63, 3.8) is 0 Å². The lowest BCUT2D eigenvalue weighted by molar-refractivity contribution is -0.143. The molecule has 0 saturated heterocycles. The Morgan fingerprint density at radius 2 is 1.83 bits per heavy atom. The number of hydrogen-bond acceptors (Lipinski definition) is 4. The van der Waals surface area contributed by atoms with Gasteiger partial charge in [0, 0.05) is 6.92 Å². The fraction of sp³-hybridized carbons (Fsp3) is 0.267. The molecule has 122 valence electrons. The molecule has 1 aromatic carbocycles. The summed E-state index contributed by atoms with van der Waals surface area (Å²) >= 11 is 0. The van der Waals surface area contributed by atoms with Gasteiger partial charge >= 0.3 is 12.1 Å². The van der Waals surface area contributed by atoms with E-state index in [1.165, 1.54) is 31.2 Å². The summed E-state index contributed by atoms with van der Waals surface area (Å²) in [5, 5.41) is 3.70. The van der Waals surface area contributed by atoms with Gasteiger partial charge in [0.1, 0.15) is 11.3 Å². The van der Waals surface area contributed by atoms with Crippen LogP contribution in [0.2, 0.25) is 0 Å². The molecule has 0 aliphatic heterocycles. The van der Waals surface area contributed by atoms with E-state index in [1.54, 1.807) is 6.07 Å². The number of hydrogen-bond donors (Lipinski definition) is 0. The molecule has 0 spiro atoms. The first kappa shape index (κ1) is 16.7. The lowest BCUT2D eigenvalue weighted by Crippen LogP contribution is -2.19. The summed E-state index contributed by atoms with van der Waals surface area (Å²) in [5.41, 5.74) is -2.68. The van der Waals surface area contributed by atoms with Gasteiger partial charge in [0.05, 0.1) is 12.3 Å². The molecular weight excluding hydrogens is 313 g/mol. The summed E-state index contributed by atoms with van der Waals surface area (Å²) in [6.45, 7) is 2.38. The standard InChI is InChI=1S/C15H13F3N2O3/c1-3-23-14(22)11-12(9(2)21)19-20(13(11)15(16,17)18)10-7-5-4-6-8-10/h4-8H,3H2,1-2H3.